The van der Waals surface area contributed by atoms with Crippen LogP contribution in [0.15, 0.2) is 218 Å². The number of ketones is 4. The van der Waals surface area contributed by atoms with Gasteiger partial charge in [-0.15, -0.1) is 24.7 Å². The number of ether oxygens (including phenoxy) is 5. The SMILES string of the molecule is C#CCCC(=O)OC(=O)CCC#C.CC(C)(C)OC(=O)C[C@H]([NH3+])C(=O)C[C@@H](Cc1ccc(OC(C)(C)C)cc1)C(=O)NC(C)(C)[C@@H](Cc1ccccc1)C(=O)CCc1cc2ccc3cccc4ccc(c1)c2c34.CCC(=O)N[C@@H](CC(=O)OC(C)(C)C)C(=O)C[C@@H](Cc1ccc(OC(C)(C)C)cc1)C(=O)NC(C)(C)[C@@H](Cc1ccccc1)C(=O)CCc1cc2ccc3cccc4ccc(c1)c2c34. The van der Waals surface area contributed by atoms with Gasteiger partial charge in [0.15, 0.2) is 17.6 Å². The Kier molecular flexibility index (Phi) is 36.1. The summed E-state index contributed by atoms with van der Waals surface area (Å²) in [6.07, 6.45) is 12.6. The molecule has 0 aliphatic rings. The molecule has 718 valence electrons. The Morgan fingerprint density at radius 2 is 0.672 bits per heavy atom. The molecule has 0 radical (unpaired) electrons. The van der Waals surface area contributed by atoms with Crippen LogP contribution in [-0.4, -0.2) is 110 Å². The van der Waals surface area contributed by atoms with Crippen molar-refractivity contribution in [3.8, 4) is 36.2 Å². The van der Waals surface area contributed by atoms with Gasteiger partial charge < -0.3 is 45.4 Å². The van der Waals surface area contributed by atoms with Gasteiger partial charge in [0.1, 0.15) is 51.9 Å². The molecule has 0 saturated heterocycles. The number of nitrogens with one attached hydrogen (secondary N) is 3. The standard InChI is InChI=1S/C55H64N2O7.C52H60N2O6.C10H10O3/c1-10-48(60)56-45(34-49(61)64-54(5,6)7)47(59)33-42(29-36-19-26-43(27-20-36)63-53(2,3)4)52(62)57-55(8,9)44(32-35-15-12-11-13-16-35)46(58)28-21-37-30-40-24-22-38-17-14-18-39-23-25-41(31-37)51(40)50(38)39;1-50(2,3)59-41-24-17-34(18-25-41)27-40(31-45(56)43(53)32-46(57)60-51(4,5)6)49(58)54-52(7,8)42(30-33-13-10-9-11-14-33)44(55)26-19-35-28-38-22-20-36-15-12-16-37-21-23-39(29-35)48(38)47(36)37;1-3-5-7-9(11)13-10(12)8-6-4-2/h11-20,22-27,30-31,42,44-45H,10,21,28-29,32-34H2,1-9H3,(H,56,60)(H,57,62);9-18,20-25,28-29,40,42-43H,19,26-27,30-32,53H2,1-8H3,(H,54,58);1-2H,5-8H2/p+1/t42-,44+,45+;40-,42+,43+;/m11./s1. The molecule has 20 nitrogen and oxygen atoms in total. The van der Waals surface area contributed by atoms with E-state index in [-0.39, 0.29) is 106 Å². The number of hydrogen-bond donors (Lipinski definition) is 4. The first-order chi connectivity index (χ1) is 64.6. The van der Waals surface area contributed by atoms with Crippen molar-refractivity contribution >= 4 is 129 Å². The number of esters is 4. The summed E-state index contributed by atoms with van der Waals surface area (Å²) in [7, 11) is 0. The van der Waals surface area contributed by atoms with E-state index in [1.165, 1.54) is 43.1 Å². The van der Waals surface area contributed by atoms with Gasteiger partial charge in [0.2, 0.25) is 17.7 Å². The predicted molar refractivity (Wildman–Crippen MR) is 543 cm³/mol. The van der Waals surface area contributed by atoms with Crippen molar-refractivity contribution in [1.82, 2.24) is 16.0 Å². The Labute approximate surface area is 806 Å². The summed E-state index contributed by atoms with van der Waals surface area (Å²) in [4.78, 5) is 146. The maximum Gasteiger partial charge on any atom is 0.314 e. The molecule has 12 aromatic rings. The molecule has 12 rings (SSSR count). The Morgan fingerprint density at radius 1 is 0.343 bits per heavy atom. The highest BCUT2D eigenvalue weighted by atomic mass is 16.6. The summed E-state index contributed by atoms with van der Waals surface area (Å²) < 4.78 is 27.4. The normalized spacial score (nSPS) is 13.2. The lowest BCUT2D eigenvalue weighted by atomic mass is 9.77. The number of hydrogen-bond acceptors (Lipinski definition) is 16. The Hall–Kier alpha value is -13.4. The van der Waals surface area contributed by atoms with E-state index in [1.807, 2.05) is 178 Å². The maximum atomic E-state index is 14.7. The smallest absolute Gasteiger partial charge is 0.314 e. The van der Waals surface area contributed by atoms with Crippen molar-refractivity contribution in [3.05, 3.63) is 252 Å². The molecule has 3 amide bonds. The van der Waals surface area contributed by atoms with Gasteiger partial charge in [-0.1, -0.05) is 201 Å². The minimum atomic E-state index is -1.19. The zero-order valence-corrected chi connectivity index (χ0v) is 82.7. The van der Waals surface area contributed by atoms with Crippen LogP contribution in [0, 0.1) is 48.4 Å². The molecule has 0 aromatic heterocycles. The number of aryl methyl sites for hydroxylation is 2. The molecule has 0 unspecified atom stereocenters. The van der Waals surface area contributed by atoms with Gasteiger partial charge in [-0.2, -0.15) is 0 Å². The minimum absolute atomic E-state index is 0.0148. The average Bonchev–Trinajstić information content (AvgIpc) is 0.746. The quantitative estimate of drug-likeness (QED) is 0.00912. The van der Waals surface area contributed by atoms with E-state index < -0.39 is 105 Å². The fourth-order valence-corrected chi connectivity index (χ4v) is 17.4. The third-order valence-electron chi connectivity index (χ3n) is 23.9. The van der Waals surface area contributed by atoms with E-state index in [2.05, 4.69) is 147 Å². The summed E-state index contributed by atoms with van der Waals surface area (Å²) >= 11 is 0. The molecule has 6 atom stereocenters. The van der Waals surface area contributed by atoms with Crippen molar-refractivity contribution in [2.24, 2.45) is 23.7 Å². The molecule has 20 heteroatoms. The number of quaternary nitrogens is 1. The summed E-state index contributed by atoms with van der Waals surface area (Å²) in [6, 6.07) is 71.3. The van der Waals surface area contributed by atoms with Gasteiger partial charge in [0.25, 0.3) is 0 Å². The van der Waals surface area contributed by atoms with Crippen molar-refractivity contribution in [1.29, 1.82) is 0 Å². The van der Waals surface area contributed by atoms with Crippen LogP contribution in [0.5, 0.6) is 11.5 Å². The molecule has 0 fully saturated rings. The molecular weight excluding hydrogens is 1720 g/mol. The van der Waals surface area contributed by atoms with E-state index >= 15 is 0 Å². The van der Waals surface area contributed by atoms with E-state index in [9.17, 15) is 52.7 Å². The van der Waals surface area contributed by atoms with Crippen LogP contribution in [0.1, 0.15) is 222 Å². The van der Waals surface area contributed by atoms with Crippen LogP contribution in [0.2, 0.25) is 0 Å². The number of carbonyl (C=O) groups excluding carboxylic acids is 11. The van der Waals surface area contributed by atoms with Gasteiger partial charge >= 0.3 is 23.9 Å². The van der Waals surface area contributed by atoms with E-state index in [0.29, 0.717) is 43.6 Å². The van der Waals surface area contributed by atoms with Crippen LogP contribution in [0.3, 0.4) is 0 Å². The number of Topliss-reactive ketones (excluding diaryl/α,β-unsaturated/α-hetero) is 4. The number of rotatable bonds is 40. The first-order valence-corrected chi connectivity index (χ1v) is 47.5. The molecule has 137 heavy (non-hydrogen) atoms. The van der Waals surface area contributed by atoms with E-state index in [4.69, 9.17) is 31.8 Å². The fourth-order valence-electron chi connectivity index (χ4n) is 17.4. The Balaban J connectivity index is 0.000000250. The summed E-state index contributed by atoms with van der Waals surface area (Å²) in [5.41, 5.74) is 5.41. The van der Waals surface area contributed by atoms with Gasteiger partial charge in [-0.25, -0.2) is 0 Å². The lowest BCUT2D eigenvalue weighted by molar-refractivity contribution is -0.403. The first kappa shape index (κ1) is 106. The third-order valence-corrected chi connectivity index (χ3v) is 23.9. The highest BCUT2D eigenvalue weighted by Crippen LogP contribution is 2.39. The van der Waals surface area contributed by atoms with Crippen LogP contribution in [0.25, 0.3) is 64.6 Å². The molecule has 0 heterocycles. The predicted octanol–water partition coefficient (Wildman–Crippen LogP) is 20.5. The van der Waals surface area contributed by atoms with E-state index in [1.54, 1.807) is 48.5 Å². The number of carbonyl (C=O) groups is 11. The van der Waals surface area contributed by atoms with Gasteiger partial charge in [-0.05, 0) is 272 Å². The topological polar surface area (TPSA) is 298 Å². The van der Waals surface area contributed by atoms with Crippen LogP contribution in [-0.2, 0) is 105 Å². The van der Waals surface area contributed by atoms with Gasteiger partial charge in [0.05, 0.1) is 25.3 Å². The molecule has 0 saturated carbocycles. The number of amides is 3. The lowest BCUT2D eigenvalue weighted by Gasteiger charge is -2.36. The van der Waals surface area contributed by atoms with Crippen LogP contribution >= 0.6 is 0 Å². The van der Waals surface area contributed by atoms with Crippen LogP contribution in [0.4, 0.5) is 0 Å². The lowest BCUT2D eigenvalue weighted by Crippen LogP contribution is -2.66. The molecule has 0 aliphatic heterocycles. The number of terminal acetylenes is 2. The molecule has 0 bridgehead atoms. The molecule has 6 N–H and O–H groups in total. The highest BCUT2D eigenvalue weighted by molar-refractivity contribution is 6.24. The molecule has 0 aliphatic carbocycles. The van der Waals surface area contributed by atoms with Crippen molar-refractivity contribution < 1.29 is 82.2 Å². The minimum Gasteiger partial charge on any atom is -0.488 e. The van der Waals surface area contributed by atoms with E-state index in [0.717, 1.165) is 54.9 Å². The zero-order valence-electron chi connectivity index (χ0n) is 82.7. The maximum absolute atomic E-state index is 14.7. The second-order valence-corrected chi connectivity index (χ2v) is 41.0. The van der Waals surface area contributed by atoms with Crippen LogP contribution < -0.4 is 31.2 Å². The van der Waals surface area contributed by atoms with Gasteiger partial charge in [-0.3, -0.25) is 52.7 Å². The highest BCUT2D eigenvalue weighted by Gasteiger charge is 2.42. The zero-order chi connectivity index (χ0) is 99.9. The Bertz CT molecular complexity index is 6180. The Morgan fingerprint density at radius 3 is 1.01 bits per heavy atom. The molecule has 12 aromatic carbocycles. The monoisotopic (exact) mass is 1850 g/mol. The summed E-state index contributed by atoms with van der Waals surface area (Å²) in [5, 5.41) is 23.5. The molecule has 0 spiro atoms. The summed E-state index contributed by atoms with van der Waals surface area (Å²) in [6.45, 7) is 31.5. The van der Waals surface area contributed by atoms with Crippen molar-refractivity contribution in [2.75, 3.05) is 0 Å². The fraction of sp³-hybridized carbons (Fsp3) is 0.393. The number of benzene rings is 12. The second-order valence-electron chi connectivity index (χ2n) is 41.0. The third kappa shape index (κ3) is 31.8. The first-order valence-electron chi connectivity index (χ1n) is 47.5. The average molecular weight is 1850 g/mol. The van der Waals surface area contributed by atoms with Gasteiger partial charge in [0, 0.05) is 79.7 Å². The van der Waals surface area contributed by atoms with Crippen molar-refractivity contribution in [2.45, 2.75) is 272 Å². The second kappa shape index (κ2) is 46.9. The summed E-state index contributed by atoms with van der Waals surface area (Å²) in [5.74, 6) is -1.19. The van der Waals surface area contributed by atoms with Crippen molar-refractivity contribution in [3.63, 3.8) is 0 Å². The molecular formula is C117H135N4O16+. The largest absolute Gasteiger partial charge is 0.488 e.